The van der Waals surface area contributed by atoms with Crippen LogP contribution in [0, 0.1) is 0 Å². The molecule has 0 aliphatic heterocycles. The Bertz CT molecular complexity index is 821. The Balaban J connectivity index is 1.72. The van der Waals surface area contributed by atoms with Gasteiger partial charge in [0.2, 0.25) is 0 Å². The van der Waals surface area contributed by atoms with Gasteiger partial charge in [-0.15, -0.1) is 0 Å². The molecule has 1 aromatic carbocycles. The van der Waals surface area contributed by atoms with E-state index in [9.17, 15) is 4.79 Å². The molecule has 0 atom stereocenters. The lowest BCUT2D eigenvalue weighted by Gasteiger charge is -2.21. The van der Waals surface area contributed by atoms with Crippen molar-refractivity contribution in [1.29, 1.82) is 0 Å². The fourth-order valence-electron chi connectivity index (χ4n) is 2.58. The van der Waals surface area contributed by atoms with Crippen molar-refractivity contribution in [1.82, 2.24) is 14.9 Å². The first kappa shape index (κ1) is 16.6. The summed E-state index contributed by atoms with van der Waals surface area (Å²) in [6.45, 7) is 3.13. The van der Waals surface area contributed by atoms with Gasteiger partial charge in [0, 0.05) is 31.7 Å². The maximum atomic E-state index is 12.5. The number of anilines is 1. The van der Waals surface area contributed by atoms with E-state index < -0.39 is 0 Å². The van der Waals surface area contributed by atoms with E-state index >= 15 is 0 Å². The van der Waals surface area contributed by atoms with Gasteiger partial charge >= 0.3 is 6.03 Å². The number of rotatable bonds is 5. The third kappa shape index (κ3) is 4.41. The topological polar surface area (TPSA) is 58.1 Å². The highest BCUT2D eigenvalue weighted by Crippen LogP contribution is 2.20. The maximum Gasteiger partial charge on any atom is 0.322 e. The first-order chi connectivity index (χ1) is 12.3. The van der Waals surface area contributed by atoms with Crippen molar-refractivity contribution >= 4 is 11.7 Å². The molecule has 2 amide bonds. The average molecular weight is 332 g/mol. The van der Waals surface area contributed by atoms with E-state index in [1.807, 2.05) is 37.3 Å². The summed E-state index contributed by atoms with van der Waals surface area (Å²) in [5.74, 6) is 0. The van der Waals surface area contributed by atoms with E-state index in [4.69, 9.17) is 0 Å². The Hall–Kier alpha value is -3.21. The molecule has 0 fully saturated rings. The number of carbonyl (C=O) groups is 1. The highest BCUT2D eigenvalue weighted by Gasteiger charge is 2.12. The second-order valence-corrected chi connectivity index (χ2v) is 5.62. The highest BCUT2D eigenvalue weighted by molar-refractivity contribution is 5.89. The fraction of sp³-hybridized carbons (Fsp3) is 0.150. The number of urea groups is 1. The molecule has 0 spiro atoms. The standard InChI is InChI=1S/C20H20N4O/c1-2-24(20(25)23-19-7-4-10-22-14-19)15-16-5-3-6-18(13-16)17-8-11-21-12-9-17/h3-14H,2,15H2,1H3,(H,23,25). The van der Waals surface area contributed by atoms with Crippen molar-refractivity contribution in [3.8, 4) is 11.1 Å². The number of benzene rings is 1. The minimum absolute atomic E-state index is 0.134. The summed E-state index contributed by atoms with van der Waals surface area (Å²) in [4.78, 5) is 22.3. The Kier molecular flexibility index (Phi) is 5.36. The average Bonchev–Trinajstić information content (AvgIpc) is 2.68. The van der Waals surface area contributed by atoms with Crippen LogP contribution in [-0.4, -0.2) is 27.4 Å². The number of nitrogens with zero attached hydrogens (tertiary/aromatic N) is 3. The number of nitrogens with one attached hydrogen (secondary N) is 1. The van der Waals surface area contributed by atoms with Crippen molar-refractivity contribution in [2.24, 2.45) is 0 Å². The summed E-state index contributed by atoms with van der Waals surface area (Å²) in [6.07, 6.45) is 6.87. The van der Waals surface area contributed by atoms with Gasteiger partial charge in [-0.1, -0.05) is 18.2 Å². The summed E-state index contributed by atoms with van der Waals surface area (Å²) in [7, 11) is 0. The van der Waals surface area contributed by atoms with Crippen molar-refractivity contribution in [3.05, 3.63) is 78.9 Å². The predicted molar refractivity (Wildman–Crippen MR) is 99.0 cm³/mol. The lowest BCUT2D eigenvalue weighted by atomic mass is 10.0. The summed E-state index contributed by atoms with van der Waals surface area (Å²) >= 11 is 0. The van der Waals surface area contributed by atoms with E-state index in [2.05, 4.69) is 27.4 Å². The van der Waals surface area contributed by atoms with Gasteiger partial charge in [-0.3, -0.25) is 9.97 Å². The number of hydrogen-bond acceptors (Lipinski definition) is 3. The predicted octanol–water partition coefficient (Wildman–Crippen LogP) is 4.20. The van der Waals surface area contributed by atoms with Crippen molar-refractivity contribution < 1.29 is 4.79 Å². The minimum Gasteiger partial charge on any atom is -0.320 e. The van der Waals surface area contributed by atoms with Crippen LogP contribution in [0.5, 0.6) is 0 Å². The first-order valence-corrected chi connectivity index (χ1v) is 8.21. The molecule has 2 heterocycles. The number of amides is 2. The van der Waals surface area contributed by atoms with Crippen molar-refractivity contribution in [3.63, 3.8) is 0 Å². The van der Waals surface area contributed by atoms with E-state index in [0.717, 1.165) is 16.7 Å². The van der Waals surface area contributed by atoms with Crippen LogP contribution in [0.3, 0.4) is 0 Å². The molecule has 2 aromatic heterocycles. The van der Waals surface area contributed by atoms with Crippen LogP contribution in [0.1, 0.15) is 12.5 Å². The van der Waals surface area contributed by atoms with Crippen LogP contribution in [0.25, 0.3) is 11.1 Å². The molecule has 5 nitrogen and oxygen atoms in total. The molecule has 0 radical (unpaired) electrons. The van der Waals surface area contributed by atoms with Crippen LogP contribution in [-0.2, 0) is 6.54 Å². The van der Waals surface area contributed by atoms with Gasteiger partial charge in [0.05, 0.1) is 11.9 Å². The molecule has 0 saturated carbocycles. The molecule has 0 aliphatic carbocycles. The largest absolute Gasteiger partial charge is 0.322 e. The molecule has 0 unspecified atom stereocenters. The normalized spacial score (nSPS) is 10.3. The number of carbonyl (C=O) groups excluding carboxylic acids is 1. The maximum absolute atomic E-state index is 12.5. The molecule has 25 heavy (non-hydrogen) atoms. The molecule has 0 bridgehead atoms. The van der Waals surface area contributed by atoms with Gasteiger partial charge in [0.1, 0.15) is 0 Å². The molecule has 0 saturated heterocycles. The van der Waals surface area contributed by atoms with E-state index in [0.29, 0.717) is 18.8 Å². The van der Waals surface area contributed by atoms with Crippen molar-refractivity contribution in [2.75, 3.05) is 11.9 Å². The summed E-state index contributed by atoms with van der Waals surface area (Å²) < 4.78 is 0. The Morgan fingerprint density at radius 2 is 1.84 bits per heavy atom. The highest BCUT2D eigenvalue weighted by atomic mass is 16.2. The molecule has 126 valence electrons. The smallest absolute Gasteiger partial charge is 0.320 e. The number of pyridine rings is 2. The van der Waals surface area contributed by atoms with Crippen LogP contribution in [0.2, 0.25) is 0 Å². The van der Waals surface area contributed by atoms with Gasteiger partial charge < -0.3 is 10.2 Å². The van der Waals surface area contributed by atoms with Gasteiger partial charge in [-0.2, -0.15) is 0 Å². The summed E-state index contributed by atoms with van der Waals surface area (Å²) in [5, 5.41) is 2.88. The van der Waals surface area contributed by atoms with Crippen LogP contribution >= 0.6 is 0 Å². The van der Waals surface area contributed by atoms with Gasteiger partial charge in [0.25, 0.3) is 0 Å². The van der Waals surface area contributed by atoms with Gasteiger partial charge in [-0.25, -0.2) is 4.79 Å². The molecular weight excluding hydrogens is 312 g/mol. The fourth-order valence-corrected chi connectivity index (χ4v) is 2.58. The third-order valence-corrected chi connectivity index (χ3v) is 3.90. The van der Waals surface area contributed by atoms with E-state index in [-0.39, 0.29) is 6.03 Å². The lowest BCUT2D eigenvalue weighted by molar-refractivity contribution is 0.212. The Labute approximate surface area is 147 Å². The summed E-state index contributed by atoms with van der Waals surface area (Å²) in [5.41, 5.74) is 4.00. The van der Waals surface area contributed by atoms with E-state index in [1.165, 1.54) is 0 Å². The van der Waals surface area contributed by atoms with Crippen LogP contribution in [0.4, 0.5) is 10.5 Å². The summed E-state index contributed by atoms with van der Waals surface area (Å²) in [6, 6.07) is 15.7. The quantitative estimate of drug-likeness (QED) is 0.762. The Morgan fingerprint density at radius 1 is 1.00 bits per heavy atom. The van der Waals surface area contributed by atoms with Gasteiger partial charge in [-0.05, 0) is 53.9 Å². The zero-order valence-corrected chi connectivity index (χ0v) is 14.1. The second kappa shape index (κ2) is 8.06. The van der Waals surface area contributed by atoms with Crippen molar-refractivity contribution in [2.45, 2.75) is 13.5 Å². The first-order valence-electron chi connectivity index (χ1n) is 8.21. The molecule has 0 aliphatic rings. The zero-order valence-electron chi connectivity index (χ0n) is 14.1. The third-order valence-electron chi connectivity index (χ3n) is 3.90. The molecule has 1 N–H and O–H groups in total. The van der Waals surface area contributed by atoms with Crippen LogP contribution < -0.4 is 5.32 Å². The van der Waals surface area contributed by atoms with Crippen LogP contribution in [0.15, 0.2) is 73.3 Å². The second-order valence-electron chi connectivity index (χ2n) is 5.62. The lowest BCUT2D eigenvalue weighted by Crippen LogP contribution is -2.34. The number of hydrogen-bond donors (Lipinski definition) is 1. The molecule has 3 rings (SSSR count). The minimum atomic E-state index is -0.134. The van der Waals surface area contributed by atoms with Gasteiger partial charge in [0.15, 0.2) is 0 Å². The number of aromatic nitrogens is 2. The SMILES string of the molecule is CCN(Cc1cccc(-c2ccncc2)c1)C(=O)Nc1cccnc1. The molecule has 5 heteroatoms. The van der Waals surface area contributed by atoms with E-state index in [1.54, 1.807) is 35.8 Å². The monoisotopic (exact) mass is 332 g/mol. The molecular formula is C20H20N4O. The zero-order chi connectivity index (χ0) is 17.5. The molecule has 3 aromatic rings. The Morgan fingerprint density at radius 3 is 2.56 bits per heavy atom.